The topological polar surface area (TPSA) is 102 Å². The number of fused-ring (bicyclic) bond motifs is 3. The zero-order chi connectivity index (χ0) is 26.4. The average Bonchev–Trinajstić information content (AvgIpc) is 3.67. The molecule has 7 nitrogen and oxygen atoms in total. The van der Waals surface area contributed by atoms with E-state index in [0.717, 1.165) is 40.7 Å². The van der Waals surface area contributed by atoms with Crippen molar-refractivity contribution in [2.75, 3.05) is 5.32 Å². The molecule has 0 radical (unpaired) electrons. The third kappa shape index (κ3) is 4.14. The van der Waals surface area contributed by atoms with Crippen LogP contribution in [0.5, 0.6) is 0 Å². The summed E-state index contributed by atoms with van der Waals surface area (Å²) in [6, 6.07) is 21.8. The van der Waals surface area contributed by atoms with Gasteiger partial charge in [-0.3, -0.25) is 10.1 Å². The number of carboxylic acids is 1. The molecule has 7 heteroatoms. The highest BCUT2D eigenvalue weighted by Crippen LogP contribution is 2.50. The standard InChI is InChI=1S/C31H28N2O5/c1-18(20-6-4-3-5-7-20)37-30(36)32-27-19(2)38-33-28(27)23-10-12-25-21(16-23)8-9-22-17-24(11-13-26(22)25)31(14-15-31)29(34)35/h3-7,10-13,16-18H,8-9,14-15H2,1-2H3,(H,32,36)(H,34,35). The predicted octanol–water partition coefficient (Wildman–Crippen LogP) is 6.84. The maximum Gasteiger partial charge on any atom is 0.412 e. The van der Waals surface area contributed by atoms with Gasteiger partial charge in [-0.2, -0.15) is 0 Å². The SMILES string of the molecule is Cc1onc(-c2ccc3c(c2)CCc2cc(C4(C(=O)O)CC4)ccc2-3)c1NC(=O)OC(C)c1ccccc1. The molecule has 1 saturated carbocycles. The van der Waals surface area contributed by atoms with Gasteiger partial charge in [0, 0.05) is 5.56 Å². The molecule has 2 aliphatic carbocycles. The Balaban J connectivity index is 1.24. The van der Waals surface area contributed by atoms with Crippen LogP contribution >= 0.6 is 0 Å². The lowest BCUT2D eigenvalue weighted by Gasteiger charge is -2.22. The summed E-state index contributed by atoms with van der Waals surface area (Å²) in [4.78, 5) is 24.5. The summed E-state index contributed by atoms with van der Waals surface area (Å²) in [5, 5.41) is 16.7. The van der Waals surface area contributed by atoms with Crippen LogP contribution in [-0.2, 0) is 27.8 Å². The molecule has 1 unspecified atom stereocenters. The summed E-state index contributed by atoms with van der Waals surface area (Å²) in [5.41, 5.74) is 7.62. The summed E-state index contributed by atoms with van der Waals surface area (Å²) in [5.74, 6) is -0.239. The van der Waals surface area contributed by atoms with Gasteiger partial charge in [0.2, 0.25) is 0 Å². The summed E-state index contributed by atoms with van der Waals surface area (Å²) < 4.78 is 11.0. The van der Waals surface area contributed by atoms with Gasteiger partial charge in [-0.1, -0.05) is 65.8 Å². The van der Waals surface area contributed by atoms with Crippen molar-refractivity contribution in [1.82, 2.24) is 5.16 Å². The Labute approximate surface area is 220 Å². The van der Waals surface area contributed by atoms with Gasteiger partial charge in [-0.25, -0.2) is 4.79 Å². The Kier molecular flexibility index (Phi) is 5.79. The van der Waals surface area contributed by atoms with E-state index >= 15 is 0 Å². The van der Waals surface area contributed by atoms with Gasteiger partial charge in [0.15, 0.2) is 5.76 Å². The van der Waals surface area contributed by atoms with Crippen molar-refractivity contribution in [1.29, 1.82) is 0 Å². The van der Waals surface area contributed by atoms with E-state index in [2.05, 4.69) is 34.7 Å². The molecule has 4 aromatic rings. The molecule has 38 heavy (non-hydrogen) atoms. The Bertz CT molecular complexity index is 1550. The van der Waals surface area contributed by atoms with E-state index < -0.39 is 23.6 Å². The number of ether oxygens (including phenoxy) is 1. The summed E-state index contributed by atoms with van der Waals surface area (Å²) in [6.45, 7) is 3.58. The van der Waals surface area contributed by atoms with Gasteiger partial charge in [0.25, 0.3) is 0 Å². The maximum absolute atomic E-state index is 12.7. The van der Waals surface area contributed by atoms with Crippen molar-refractivity contribution >= 4 is 17.7 Å². The van der Waals surface area contributed by atoms with Crippen molar-refractivity contribution in [2.24, 2.45) is 0 Å². The van der Waals surface area contributed by atoms with Crippen LogP contribution in [0, 0.1) is 6.92 Å². The first kappa shape index (κ1) is 24.0. The number of rotatable bonds is 6. The number of hydrogen-bond donors (Lipinski definition) is 2. The molecule has 0 spiro atoms. The number of aliphatic carboxylic acids is 1. The van der Waals surface area contributed by atoms with E-state index in [1.54, 1.807) is 6.92 Å². The fourth-order valence-corrected chi connectivity index (χ4v) is 5.39. The first-order valence-corrected chi connectivity index (χ1v) is 12.8. The predicted molar refractivity (Wildman–Crippen MR) is 143 cm³/mol. The van der Waals surface area contributed by atoms with E-state index in [1.807, 2.05) is 49.4 Å². The molecule has 2 N–H and O–H groups in total. The molecule has 6 rings (SSSR count). The summed E-state index contributed by atoms with van der Waals surface area (Å²) >= 11 is 0. The largest absolute Gasteiger partial charge is 0.481 e. The number of carbonyl (C=O) groups is 2. The highest BCUT2D eigenvalue weighted by Gasteiger charge is 2.51. The lowest BCUT2D eigenvalue weighted by Crippen LogP contribution is -2.20. The molecule has 2 aliphatic rings. The number of carboxylic acid groups (broad SMARTS) is 1. The van der Waals surface area contributed by atoms with E-state index in [1.165, 1.54) is 11.1 Å². The Morgan fingerprint density at radius 1 is 1.00 bits per heavy atom. The van der Waals surface area contributed by atoms with Gasteiger partial charge in [-0.15, -0.1) is 0 Å². The van der Waals surface area contributed by atoms with Crippen LogP contribution < -0.4 is 5.32 Å². The van der Waals surface area contributed by atoms with Crippen LogP contribution in [0.15, 0.2) is 71.3 Å². The Morgan fingerprint density at radius 2 is 1.68 bits per heavy atom. The first-order valence-electron chi connectivity index (χ1n) is 12.8. The van der Waals surface area contributed by atoms with Crippen molar-refractivity contribution < 1.29 is 24.0 Å². The van der Waals surface area contributed by atoms with Crippen molar-refractivity contribution in [3.05, 3.63) is 94.7 Å². The fraction of sp³-hybridized carbons (Fsp3) is 0.258. The van der Waals surface area contributed by atoms with Gasteiger partial charge in [0.05, 0.1) is 5.41 Å². The second-order valence-corrected chi connectivity index (χ2v) is 10.2. The zero-order valence-corrected chi connectivity index (χ0v) is 21.3. The number of aryl methyl sites for hydroxylation is 3. The summed E-state index contributed by atoms with van der Waals surface area (Å²) in [7, 11) is 0. The molecule has 1 heterocycles. The number of anilines is 1. The van der Waals surface area contributed by atoms with Crippen LogP contribution in [-0.4, -0.2) is 22.3 Å². The monoisotopic (exact) mass is 508 g/mol. The minimum absolute atomic E-state index is 0.408. The van der Waals surface area contributed by atoms with Crippen LogP contribution in [0.2, 0.25) is 0 Å². The third-order valence-electron chi connectivity index (χ3n) is 7.79. The van der Waals surface area contributed by atoms with Gasteiger partial charge < -0.3 is 14.4 Å². The molecule has 1 atom stereocenters. The normalized spacial score (nSPS) is 15.6. The van der Waals surface area contributed by atoms with Gasteiger partial charge in [0.1, 0.15) is 17.5 Å². The maximum atomic E-state index is 12.7. The average molecular weight is 509 g/mol. The molecular weight excluding hydrogens is 480 g/mol. The molecule has 1 fully saturated rings. The highest BCUT2D eigenvalue weighted by atomic mass is 16.6. The van der Waals surface area contributed by atoms with Gasteiger partial charge >= 0.3 is 12.1 Å². The fourth-order valence-electron chi connectivity index (χ4n) is 5.39. The van der Waals surface area contributed by atoms with E-state index in [4.69, 9.17) is 9.26 Å². The zero-order valence-electron chi connectivity index (χ0n) is 21.3. The van der Waals surface area contributed by atoms with Crippen LogP contribution in [0.1, 0.15) is 53.9 Å². The molecule has 0 aliphatic heterocycles. The first-order chi connectivity index (χ1) is 18.4. The second kappa shape index (κ2) is 9.17. The molecule has 0 bridgehead atoms. The number of carbonyl (C=O) groups excluding carboxylic acids is 1. The molecule has 1 amide bonds. The van der Waals surface area contributed by atoms with E-state index in [0.29, 0.717) is 30.0 Å². The van der Waals surface area contributed by atoms with Crippen LogP contribution in [0.25, 0.3) is 22.4 Å². The van der Waals surface area contributed by atoms with Crippen molar-refractivity contribution in [3.8, 4) is 22.4 Å². The minimum atomic E-state index is -0.732. The number of nitrogens with zero attached hydrogens (tertiary/aromatic N) is 1. The van der Waals surface area contributed by atoms with E-state index in [-0.39, 0.29) is 0 Å². The Morgan fingerprint density at radius 3 is 2.37 bits per heavy atom. The number of aromatic nitrogens is 1. The van der Waals surface area contributed by atoms with Crippen LogP contribution in [0.3, 0.4) is 0 Å². The number of hydrogen-bond acceptors (Lipinski definition) is 5. The van der Waals surface area contributed by atoms with Crippen molar-refractivity contribution in [3.63, 3.8) is 0 Å². The number of nitrogens with one attached hydrogen (secondary N) is 1. The summed E-state index contributed by atoms with van der Waals surface area (Å²) in [6.07, 6.45) is 2.08. The van der Waals surface area contributed by atoms with E-state index in [9.17, 15) is 14.7 Å². The molecule has 1 aromatic heterocycles. The van der Waals surface area contributed by atoms with Crippen molar-refractivity contribution in [2.45, 2.75) is 51.0 Å². The lowest BCUT2D eigenvalue weighted by molar-refractivity contribution is -0.140. The molecular formula is C31H28N2O5. The lowest BCUT2D eigenvalue weighted by atomic mass is 9.82. The van der Waals surface area contributed by atoms with Crippen LogP contribution in [0.4, 0.5) is 10.5 Å². The Hall–Kier alpha value is -4.39. The number of benzene rings is 3. The highest BCUT2D eigenvalue weighted by molar-refractivity contribution is 5.92. The molecule has 192 valence electrons. The number of amides is 1. The second-order valence-electron chi connectivity index (χ2n) is 10.2. The van der Waals surface area contributed by atoms with Gasteiger partial charge in [-0.05, 0) is 79.0 Å². The minimum Gasteiger partial charge on any atom is -0.481 e. The smallest absolute Gasteiger partial charge is 0.412 e. The molecule has 0 saturated heterocycles. The molecule has 3 aromatic carbocycles. The third-order valence-corrected chi connectivity index (χ3v) is 7.79. The quantitative estimate of drug-likeness (QED) is 0.296.